The average molecular weight is 237 g/mol. The molecule has 1 heterocycles. The van der Waals surface area contributed by atoms with Crippen molar-refractivity contribution in [1.29, 1.82) is 0 Å². The van der Waals surface area contributed by atoms with Gasteiger partial charge < -0.3 is 4.90 Å². The lowest BCUT2D eigenvalue weighted by molar-refractivity contribution is 0.0981. The van der Waals surface area contributed by atoms with Crippen LogP contribution < -0.4 is 4.90 Å². The standard InChI is InChI=1S/C12H15NO2S/c1-3-4-11(14)9-5-6-10-12(7-9)16(15)8-13(10)2/h5-7H,3-4,8H2,1-2H3. The van der Waals surface area contributed by atoms with Crippen molar-refractivity contribution < 1.29 is 9.00 Å². The van der Waals surface area contributed by atoms with Gasteiger partial charge in [0.25, 0.3) is 0 Å². The summed E-state index contributed by atoms with van der Waals surface area (Å²) in [5.41, 5.74) is 1.66. The van der Waals surface area contributed by atoms with Gasteiger partial charge in [-0.3, -0.25) is 9.00 Å². The third-order valence-corrected chi connectivity index (χ3v) is 4.17. The van der Waals surface area contributed by atoms with Crippen LogP contribution in [0.15, 0.2) is 23.1 Å². The van der Waals surface area contributed by atoms with Gasteiger partial charge in [-0.15, -0.1) is 0 Å². The van der Waals surface area contributed by atoms with E-state index in [1.807, 2.05) is 31.0 Å². The predicted octanol–water partition coefficient (Wildman–Crippen LogP) is 2.18. The van der Waals surface area contributed by atoms with Crippen LogP contribution in [0, 0.1) is 0 Å². The van der Waals surface area contributed by atoms with E-state index in [1.54, 1.807) is 6.07 Å². The van der Waals surface area contributed by atoms with E-state index >= 15 is 0 Å². The molecule has 16 heavy (non-hydrogen) atoms. The number of rotatable bonds is 3. The SMILES string of the molecule is CCCC(=O)c1ccc2c(c1)S(=O)CN2C. The summed E-state index contributed by atoms with van der Waals surface area (Å²) < 4.78 is 11.8. The Bertz CT molecular complexity index is 456. The molecule has 3 nitrogen and oxygen atoms in total. The maximum atomic E-state index is 11.8. The van der Waals surface area contributed by atoms with E-state index in [0.717, 1.165) is 17.0 Å². The highest BCUT2D eigenvalue weighted by molar-refractivity contribution is 7.85. The fourth-order valence-corrected chi connectivity index (χ4v) is 3.22. The van der Waals surface area contributed by atoms with Crippen LogP contribution in [0.5, 0.6) is 0 Å². The minimum atomic E-state index is -0.985. The molecule has 1 atom stereocenters. The van der Waals surface area contributed by atoms with Crippen molar-refractivity contribution in [2.24, 2.45) is 0 Å². The van der Waals surface area contributed by atoms with Crippen molar-refractivity contribution in [3.05, 3.63) is 23.8 Å². The molecule has 2 rings (SSSR count). The van der Waals surface area contributed by atoms with Crippen LogP contribution in [0.3, 0.4) is 0 Å². The molecule has 1 aliphatic rings. The van der Waals surface area contributed by atoms with E-state index in [1.165, 1.54) is 0 Å². The Kier molecular flexibility index (Phi) is 3.10. The van der Waals surface area contributed by atoms with Gasteiger partial charge in [0.05, 0.1) is 27.3 Å². The Balaban J connectivity index is 2.36. The highest BCUT2D eigenvalue weighted by Crippen LogP contribution is 2.31. The quantitative estimate of drug-likeness (QED) is 0.756. The van der Waals surface area contributed by atoms with Gasteiger partial charge >= 0.3 is 0 Å². The van der Waals surface area contributed by atoms with Crippen LogP contribution in [-0.2, 0) is 10.8 Å². The van der Waals surface area contributed by atoms with Gasteiger partial charge in [0.1, 0.15) is 0 Å². The largest absolute Gasteiger partial charge is 0.361 e. The normalized spacial score (nSPS) is 18.6. The van der Waals surface area contributed by atoms with Crippen LogP contribution in [0.4, 0.5) is 5.69 Å². The highest BCUT2D eigenvalue weighted by atomic mass is 32.2. The second-order valence-corrected chi connectivity index (χ2v) is 5.42. The van der Waals surface area contributed by atoms with Gasteiger partial charge in [0, 0.05) is 19.0 Å². The van der Waals surface area contributed by atoms with E-state index in [-0.39, 0.29) is 5.78 Å². The van der Waals surface area contributed by atoms with Gasteiger partial charge in [-0.2, -0.15) is 0 Å². The number of ketones is 1. The number of carbonyl (C=O) groups is 1. The molecule has 0 bridgehead atoms. The molecule has 0 aromatic heterocycles. The van der Waals surface area contributed by atoms with Crippen molar-refractivity contribution >= 4 is 22.3 Å². The third-order valence-electron chi connectivity index (χ3n) is 2.73. The number of hydrogen-bond acceptors (Lipinski definition) is 3. The molecule has 0 N–H and O–H groups in total. The number of benzene rings is 1. The van der Waals surface area contributed by atoms with Crippen molar-refractivity contribution in [1.82, 2.24) is 0 Å². The Hall–Kier alpha value is -1.16. The molecule has 0 spiro atoms. The van der Waals surface area contributed by atoms with E-state index in [9.17, 15) is 9.00 Å². The van der Waals surface area contributed by atoms with Gasteiger partial charge in [0.2, 0.25) is 0 Å². The van der Waals surface area contributed by atoms with Crippen molar-refractivity contribution in [2.45, 2.75) is 24.7 Å². The van der Waals surface area contributed by atoms with Crippen LogP contribution >= 0.6 is 0 Å². The summed E-state index contributed by atoms with van der Waals surface area (Å²) >= 11 is 0. The molecular formula is C12H15NO2S. The first-order valence-electron chi connectivity index (χ1n) is 5.40. The number of carbonyl (C=O) groups excluding carboxylic acids is 1. The second kappa shape index (κ2) is 4.37. The minimum Gasteiger partial charge on any atom is -0.361 e. The number of anilines is 1. The molecule has 1 unspecified atom stereocenters. The lowest BCUT2D eigenvalue weighted by atomic mass is 10.1. The first kappa shape index (κ1) is 11.3. The van der Waals surface area contributed by atoms with E-state index in [0.29, 0.717) is 17.9 Å². The lowest BCUT2D eigenvalue weighted by Crippen LogP contribution is -2.13. The molecule has 4 heteroatoms. The van der Waals surface area contributed by atoms with Crippen LogP contribution in [0.1, 0.15) is 30.1 Å². The fraction of sp³-hybridized carbons (Fsp3) is 0.417. The second-order valence-electron chi connectivity index (χ2n) is 4.03. The zero-order valence-corrected chi connectivity index (χ0v) is 10.3. The lowest BCUT2D eigenvalue weighted by Gasteiger charge is -2.09. The summed E-state index contributed by atoms with van der Waals surface area (Å²) in [6, 6.07) is 5.51. The fourth-order valence-electron chi connectivity index (χ4n) is 1.87. The minimum absolute atomic E-state index is 0.136. The van der Waals surface area contributed by atoms with Gasteiger partial charge in [0.15, 0.2) is 5.78 Å². The molecule has 86 valence electrons. The Morgan fingerprint density at radius 3 is 2.94 bits per heavy atom. The molecule has 1 aromatic rings. The van der Waals surface area contributed by atoms with Gasteiger partial charge in [-0.25, -0.2) is 0 Å². The molecule has 0 saturated heterocycles. The van der Waals surface area contributed by atoms with Crippen molar-refractivity contribution in [3.63, 3.8) is 0 Å². The van der Waals surface area contributed by atoms with Crippen LogP contribution in [0.2, 0.25) is 0 Å². The Labute approximate surface area is 97.9 Å². The molecular weight excluding hydrogens is 222 g/mol. The molecule has 1 aromatic carbocycles. The number of hydrogen-bond donors (Lipinski definition) is 0. The van der Waals surface area contributed by atoms with Crippen molar-refractivity contribution in [3.8, 4) is 0 Å². The topological polar surface area (TPSA) is 37.4 Å². The highest BCUT2D eigenvalue weighted by Gasteiger charge is 2.23. The molecule has 0 aliphatic carbocycles. The maximum absolute atomic E-state index is 11.8. The summed E-state index contributed by atoms with van der Waals surface area (Å²) in [5.74, 6) is 0.665. The van der Waals surface area contributed by atoms with Crippen LogP contribution in [-0.4, -0.2) is 22.9 Å². The summed E-state index contributed by atoms with van der Waals surface area (Å²) in [4.78, 5) is 14.5. The van der Waals surface area contributed by atoms with Gasteiger partial charge in [-0.1, -0.05) is 6.92 Å². The van der Waals surface area contributed by atoms with Crippen molar-refractivity contribution in [2.75, 3.05) is 17.8 Å². The third kappa shape index (κ3) is 1.89. The number of Topliss-reactive ketones (excluding diaryl/α,β-unsaturated/α-hetero) is 1. The Morgan fingerprint density at radius 1 is 1.50 bits per heavy atom. The van der Waals surface area contributed by atoms with E-state index in [2.05, 4.69) is 0 Å². The van der Waals surface area contributed by atoms with E-state index < -0.39 is 10.8 Å². The number of nitrogens with zero attached hydrogens (tertiary/aromatic N) is 1. The zero-order chi connectivity index (χ0) is 11.7. The average Bonchev–Trinajstić information content (AvgIpc) is 2.55. The first-order valence-corrected chi connectivity index (χ1v) is 6.72. The smallest absolute Gasteiger partial charge is 0.162 e. The molecule has 1 aliphatic heterocycles. The summed E-state index contributed by atoms with van der Waals surface area (Å²) in [6.07, 6.45) is 1.40. The maximum Gasteiger partial charge on any atom is 0.162 e. The molecule has 0 saturated carbocycles. The number of fused-ring (bicyclic) bond motifs is 1. The van der Waals surface area contributed by atoms with Crippen LogP contribution in [0.25, 0.3) is 0 Å². The van der Waals surface area contributed by atoms with E-state index in [4.69, 9.17) is 0 Å². The summed E-state index contributed by atoms with van der Waals surface area (Å²) in [7, 11) is 0.929. The zero-order valence-electron chi connectivity index (χ0n) is 9.53. The van der Waals surface area contributed by atoms with Gasteiger partial charge in [-0.05, 0) is 24.6 Å². The predicted molar refractivity (Wildman–Crippen MR) is 65.4 cm³/mol. The summed E-state index contributed by atoms with van der Waals surface area (Å²) in [5, 5.41) is 0. The summed E-state index contributed by atoms with van der Waals surface area (Å²) in [6.45, 7) is 1.98. The molecule has 0 radical (unpaired) electrons. The first-order chi connectivity index (χ1) is 7.63. The Morgan fingerprint density at radius 2 is 2.25 bits per heavy atom. The molecule has 0 amide bonds. The molecule has 0 fully saturated rings. The monoisotopic (exact) mass is 237 g/mol.